The van der Waals surface area contributed by atoms with E-state index in [0.29, 0.717) is 0 Å². The van der Waals surface area contributed by atoms with E-state index in [1.807, 2.05) is 22.7 Å². The lowest BCUT2D eigenvalue weighted by Gasteiger charge is -2.21. The van der Waals surface area contributed by atoms with Crippen molar-refractivity contribution in [3.63, 3.8) is 0 Å². The highest BCUT2D eigenvalue weighted by Crippen LogP contribution is 2.56. The van der Waals surface area contributed by atoms with Gasteiger partial charge in [0.05, 0.1) is 0 Å². The zero-order valence-electron chi connectivity index (χ0n) is 41.1. The lowest BCUT2D eigenvalue weighted by molar-refractivity contribution is 1.67. The van der Waals surface area contributed by atoms with Crippen molar-refractivity contribution in [1.29, 1.82) is 0 Å². The first-order chi connectivity index (χ1) is 37.7. The summed E-state index contributed by atoms with van der Waals surface area (Å²) in [7, 11) is 0. The van der Waals surface area contributed by atoms with Crippen LogP contribution in [0.2, 0.25) is 0 Å². The molecule has 2 heteroatoms. The average Bonchev–Trinajstić information content (AvgIpc) is 4.24. The molecule has 0 amide bonds. The molecule has 0 unspecified atom stereocenters. The van der Waals surface area contributed by atoms with Crippen molar-refractivity contribution in [2.45, 2.75) is 0 Å². The molecule has 0 aliphatic heterocycles. The van der Waals surface area contributed by atoms with E-state index in [0.717, 1.165) is 0 Å². The van der Waals surface area contributed by atoms with Crippen LogP contribution in [0.25, 0.3) is 171 Å². The third kappa shape index (κ3) is 5.94. The molecule has 0 saturated heterocycles. The molecule has 0 bridgehead atoms. The summed E-state index contributed by atoms with van der Waals surface area (Å²) in [5, 5.41) is 25.6. The Kier molecular flexibility index (Phi) is 8.97. The van der Waals surface area contributed by atoms with Gasteiger partial charge in [-0.3, -0.25) is 0 Å². The maximum atomic E-state index is 2.58. The fraction of sp³-hybridized carbons (Fsp3) is 0. The molecule has 17 aromatic rings. The van der Waals surface area contributed by atoms with Crippen molar-refractivity contribution in [1.82, 2.24) is 0 Å². The molecule has 2 heterocycles. The first kappa shape index (κ1) is 42.2. The van der Waals surface area contributed by atoms with Gasteiger partial charge in [-0.15, -0.1) is 22.7 Å². The van der Waals surface area contributed by atoms with E-state index in [1.165, 1.54) is 171 Å². The summed E-state index contributed by atoms with van der Waals surface area (Å²) >= 11 is 3.88. The summed E-state index contributed by atoms with van der Waals surface area (Å²) in [6.45, 7) is 0. The van der Waals surface area contributed by atoms with Gasteiger partial charge in [-0.05, 0) is 151 Å². The van der Waals surface area contributed by atoms with E-state index < -0.39 is 0 Å². The zero-order chi connectivity index (χ0) is 49.6. The van der Waals surface area contributed by atoms with Crippen LogP contribution in [0.15, 0.2) is 255 Å². The van der Waals surface area contributed by atoms with Crippen molar-refractivity contribution in [3.05, 3.63) is 255 Å². The predicted molar refractivity (Wildman–Crippen MR) is 334 cm³/mol. The molecule has 0 radical (unpaired) electrons. The summed E-state index contributed by atoms with van der Waals surface area (Å²) in [4.78, 5) is 0. The van der Waals surface area contributed by atoms with Crippen LogP contribution in [0.4, 0.5) is 0 Å². The summed E-state index contributed by atoms with van der Waals surface area (Å²) in [5.74, 6) is 0. The molecule has 17 rings (SSSR count). The molecule has 0 aliphatic rings. The Hall–Kier alpha value is -9.18. The Bertz CT molecular complexity index is 5230. The summed E-state index contributed by atoms with van der Waals surface area (Å²) in [5.41, 5.74) is 10.2. The normalized spacial score (nSPS) is 12.2. The van der Waals surface area contributed by atoms with Gasteiger partial charge in [0.2, 0.25) is 0 Å². The first-order valence-electron chi connectivity index (χ1n) is 26.2. The SMILES string of the molecule is c1ccc(-c2c3ccccc3c(-c3cc4cc(-c5c6ccccc6c(-c6cccc7c6ccc6cc8ccccc8cc67)c6ccccc56)c5sc6ccccc6c5c4c4c3sc3ccccc34)c3ccccc23)cc1. The molecule has 15 aromatic carbocycles. The molecule has 0 fully saturated rings. The minimum atomic E-state index is 1.23. The van der Waals surface area contributed by atoms with Crippen molar-refractivity contribution < 1.29 is 0 Å². The Morgan fingerprint density at radius 2 is 0.605 bits per heavy atom. The van der Waals surface area contributed by atoms with Crippen molar-refractivity contribution in [2.24, 2.45) is 0 Å². The van der Waals surface area contributed by atoms with Crippen LogP contribution < -0.4 is 0 Å². The second-order valence-corrected chi connectivity index (χ2v) is 22.6. The molecule has 0 N–H and O–H groups in total. The second kappa shape index (κ2) is 16.2. The molecule has 0 nitrogen and oxygen atoms in total. The highest BCUT2D eigenvalue weighted by Gasteiger charge is 2.26. The smallest absolute Gasteiger partial charge is 0.0440 e. The van der Waals surface area contributed by atoms with Gasteiger partial charge in [-0.2, -0.15) is 0 Å². The monoisotopic (exact) mass is 994 g/mol. The minimum Gasteiger partial charge on any atom is -0.135 e. The van der Waals surface area contributed by atoms with Crippen LogP contribution in [0.1, 0.15) is 0 Å². The summed E-state index contributed by atoms with van der Waals surface area (Å²) < 4.78 is 5.27. The molecular weight excluding hydrogens is 953 g/mol. The quantitative estimate of drug-likeness (QED) is 0.122. The number of rotatable bonds is 4. The highest BCUT2D eigenvalue weighted by molar-refractivity contribution is 7.27. The summed E-state index contributed by atoms with van der Waals surface area (Å²) in [6, 6.07) is 96.1. The summed E-state index contributed by atoms with van der Waals surface area (Å²) in [6.07, 6.45) is 0. The molecule has 2 aromatic heterocycles. The van der Waals surface area contributed by atoms with Crippen molar-refractivity contribution in [3.8, 4) is 44.5 Å². The third-order valence-electron chi connectivity index (χ3n) is 16.5. The predicted octanol–water partition coefficient (Wildman–Crippen LogP) is 22.3. The van der Waals surface area contributed by atoms with Crippen molar-refractivity contribution >= 4 is 149 Å². The van der Waals surface area contributed by atoms with E-state index in [1.54, 1.807) is 0 Å². The van der Waals surface area contributed by atoms with E-state index in [4.69, 9.17) is 0 Å². The van der Waals surface area contributed by atoms with E-state index >= 15 is 0 Å². The molecule has 0 spiro atoms. The Morgan fingerprint density at radius 3 is 1.12 bits per heavy atom. The Balaban J connectivity index is 1.02. The van der Waals surface area contributed by atoms with Gasteiger partial charge in [0, 0.05) is 56.9 Å². The van der Waals surface area contributed by atoms with Gasteiger partial charge in [0.15, 0.2) is 0 Å². The van der Waals surface area contributed by atoms with E-state index in [-0.39, 0.29) is 0 Å². The zero-order valence-corrected chi connectivity index (χ0v) is 42.7. The molecule has 0 atom stereocenters. The van der Waals surface area contributed by atoms with Crippen LogP contribution in [-0.2, 0) is 0 Å². The fourth-order valence-electron chi connectivity index (χ4n) is 13.4. The van der Waals surface area contributed by atoms with Gasteiger partial charge in [0.25, 0.3) is 0 Å². The fourth-order valence-corrected chi connectivity index (χ4v) is 15.9. The van der Waals surface area contributed by atoms with E-state index in [9.17, 15) is 0 Å². The highest BCUT2D eigenvalue weighted by atomic mass is 32.1. The van der Waals surface area contributed by atoms with Gasteiger partial charge < -0.3 is 0 Å². The minimum absolute atomic E-state index is 1.23. The number of benzene rings is 15. The largest absolute Gasteiger partial charge is 0.135 e. The number of hydrogen-bond donors (Lipinski definition) is 0. The Morgan fingerprint density at radius 1 is 0.197 bits per heavy atom. The number of hydrogen-bond acceptors (Lipinski definition) is 2. The van der Waals surface area contributed by atoms with Crippen LogP contribution in [0, 0.1) is 0 Å². The second-order valence-electron chi connectivity index (χ2n) is 20.5. The maximum absolute atomic E-state index is 2.58. The topological polar surface area (TPSA) is 0 Å². The van der Waals surface area contributed by atoms with Gasteiger partial charge >= 0.3 is 0 Å². The molecule has 350 valence electrons. The van der Waals surface area contributed by atoms with Crippen LogP contribution in [0.3, 0.4) is 0 Å². The standard InChI is InChI=1S/C74H42S2/c1-2-19-43(20-3-1)66-51-23-6-8-25-53(51)69(54-26-9-7-24-52(54)66)62-41-47-42-63(74-72(60-32-15-17-36-65(60)76-74)67(47)71-59-31-14-16-35-64(59)75-73(62)71)70-57-29-12-10-27-55(57)68(56-28-11-13-30-58(56)70)50-34-18-33-48-49(50)38-37-46-39-44-21-4-5-22-45(44)40-61(46)48/h1-42H. The molecule has 76 heavy (non-hydrogen) atoms. The van der Waals surface area contributed by atoms with Crippen LogP contribution in [-0.4, -0.2) is 0 Å². The molecular formula is C74H42S2. The van der Waals surface area contributed by atoms with Crippen LogP contribution >= 0.6 is 22.7 Å². The molecule has 0 saturated carbocycles. The average molecular weight is 995 g/mol. The lowest BCUT2D eigenvalue weighted by atomic mass is 9.82. The van der Waals surface area contributed by atoms with Gasteiger partial charge in [0.1, 0.15) is 0 Å². The van der Waals surface area contributed by atoms with E-state index in [2.05, 4.69) is 255 Å². The van der Waals surface area contributed by atoms with Gasteiger partial charge in [-0.1, -0.05) is 218 Å². The van der Waals surface area contributed by atoms with Crippen molar-refractivity contribution in [2.75, 3.05) is 0 Å². The number of thiophene rings is 2. The number of fused-ring (bicyclic) bond motifs is 17. The maximum Gasteiger partial charge on any atom is 0.0440 e. The molecule has 0 aliphatic carbocycles. The first-order valence-corrected chi connectivity index (χ1v) is 27.9. The Labute approximate surface area is 445 Å². The van der Waals surface area contributed by atoms with Gasteiger partial charge in [-0.25, -0.2) is 0 Å². The van der Waals surface area contributed by atoms with Crippen LogP contribution in [0.5, 0.6) is 0 Å². The third-order valence-corrected chi connectivity index (χ3v) is 19.0. The lowest BCUT2D eigenvalue weighted by Crippen LogP contribution is -1.93.